The molecule has 2 aromatic rings. The number of fused-ring (bicyclic) bond motifs is 1. The number of hydrogen-bond acceptors (Lipinski definition) is 5. The van der Waals surface area contributed by atoms with Gasteiger partial charge in [0.1, 0.15) is 29.0 Å². The average Bonchev–Trinajstić information content (AvgIpc) is 2.68. The van der Waals surface area contributed by atoms with E-state index in [9.17, 15) is 18.8 Å². The molecule has 1 N–H and O–H groups in total. The lowest BCUT2D eigenvalue weighted by atomic mass is 9.93. The highest BCUT2D eigenvalue weighted by Gasteiger charge is 2.45. The number of allylic oxidation sites excluding steroid dienone is 2. The van der Waals surface area contributed by atoms with Gasteiger partial charge in [-0.1, -0.05) is 35.9 Å². The maximum Gasteiger partial charge on any atom is 0.203 e. The molecular weight excluding hydrogens is 388 g/mol. The molecule has 0 bridgehead atoms. The van der Waals surface area contributed by atoms with Gasteiger partial charge in [-0.2, -0.15) is 5.06 Å². The number of aromatic nitrogens is 1. The third-order valence-corrected chi connectivity index (χ3v) is 5.12. The van der Waals surface area contributed by atoms with Gasteiger partial charge in [0.2, 0.25) is 5.78 Å². The summed E-state index contributed by atoms with van der Waals surface area (Å²) in [4.78, 5) is 18.8. The fourth-order valence-electron chi connectivity index (χ4n) is 3.56. The van der Waals surface area contributed by atoms with E-state index in [-0.39, 0.29) is 5.56 Å². The van der Waals surface area contributed by atoms with Crippen molar-refractivity contribution in [1.29, 1.82) is 0 Å². The minimum atomic E-state index is -1.28. The van der Waals surface area contributed by atoms with Crippen LogP contribution >= 0.6 is 11.6 Å². The van der Waals surface area contributed by atoms with Crippen molar-refractivity contribution in [2.24, 2.45) is 0 Å². The van der Waals surface area contributed by atoms with Crippen molar-refractivity contribution in [2.45, 2.75) is 18.6 Å². The maximum atomic E-state index is 14.4. The van der Waals surface area contributed by atoms with Crippen molar-refractivity contribution in [3.63, 3.8) is 0 Å². The number of nitrogens with zero attached hydrogens (tertiary/aromatic N) is 3. The molecule has 0 saturated carbocycles. The number of Topliss-reactive ketones (excluding diaryl/α,β-unsaturated/α-hetero) is 1. The van der Waals surface area contributed by atoms with Crippen molar-refractivity contribution in [3.05, 3.63) is 88.4 Å². The molecule has 0 radical (unpaired) electrons. The average molecular weight is 404 g/mol. The second kappa shape index (κ2) is 7.43. The van der Waals surface area contributed by atoms with Crippen molar-refractivity contribution < 1.29 is 18.8 Å². The highest BCUT2D eigenvalue weighted by molar-refractivity contribution is 6.29. The Morgan fingerprint density at radius 3 is 2.79 bits per heavy atom. The van der Waals surface area contributed by atoms with Crippen molar-refractivity contribution in [3.8, 4) is 0 Å². The molecule has 5 nitrogen and oxygen atoms in total. The number of halogens is 3. The van der Waals surface area contributed by atoms with Crippen molar-refractivity contribution >= 4 is 17.4 Å². The standard InChI is InChI=1S/C20H16ClF2N3O2/c21-17-7-4-12(11-24-17)9-18-25-8-2-1-3-16(25)20(27)19(26(18)28)14-6-5-13(22)10-15(14)23/h1-7,10-11,18-19,28H,8-9H2. The van der Waals surface area contributed by atoms with Gasteiger partial charge in [-0.3, -0.25) is 4.79 Å². The molecular formula is C20H16ClF2N3O2. The Morgan fingerprint density at radius 1 is 1.25 bits per heavy atom. The summed E-state index contributed by atoms with van der Waals surface area (Å²) in [6.45, 7) is 0.416. The van der Waals surface area contributed by atoms with Gasteiger partial charge >= 0.3 is 0 Å². The summed E-state index contributed by atoms with van der Waals surface area (Å²) in [5, 5.41) is 12.1. The van der Waals surface area contributed by atoms with Gasteiger partial charge in [0.05, 0.1) is 5.70 Å². The molecule has 1 saturated heterocycles. The molecule has 1 aromatic heterocycles. The van der Waals surface area contributed by atoms with Crippen LogP contribution in [0.2, 0.25) is 5.15 Å². The Hall–Kier alpha value is -2.61. The first kappa shape index (κ1) is 18.7. The third kappa shape index (κ3) is 3.32. The van der Waals surface area contributed by atoms with Gasteiger partial charge in [-0.15, -0.1) is 0 Å². The van der Waals surface area contributed by atoms with Crippen molar-refractivity contribution in [2.75, 3.05) is 6.54 Å². The second-order valence-corrected chi connectivity index (χ2v) is 7.01. The van der Waals surface area contributed by atoms with Gasteiger partial charge in [0, 0.05) is 30.8 Å². The summed E-state index contributed by atoms with van der Waals surface area (Å²) in [6.07, 6.45) is 6.50. The Kier molecular flexibility index (Phi) is 4.97. The van der Waals surface area contributed by atoms with Gasteiger partial charge < -0.3 is 10.1 Å². The summed E-state index contributed by atoms with van der Waals surface area (Å²) in [6, 6.07) is 5.09. The number of carbonyl (C=O) groups is 1. The molecule has 3 heterocycles. The first-order chi connectivity index (χ1) is 13.5. The van der Waals surface area contributed by atoms with Crippen LogP contribution in [0, 0.1) is 11.6 Å². The van der Waals surface area contributed by atoms with Crippen molar-refractivity contribution in [1.82, 2.24) is 14.9 Å². The van der Waals surface area contributed by atoms with Crippen LogP contribution in [0.25, 0.3) is 0 Å². The van der Waals surface area contributed by atoms with Gasteiger partial charge in [-0.25, -0.2) is 13.8 Å². The fourth-order valence-corrected chi connectivity index (χ4v) is 3.67. The molecule has 144 valence electrons. The predicted molar refractivity (Wildman–Crippen MR) is 98.4 cm³/mol. The second-order valence-electron chi connectivity index (χ2n) is 6.62. The summed E-state index contributed by atoms with van der Waals surface area (Å²) in [5.41, 5.74) is 1.08. The first-order valence-corrected chi connectivity index (χ1v) is 9.04. The molecule has 1 aromatic carbocycles. The van der Waals surface area contributed by atoms with Gasteiger partial charge in [-0.05, 0) is 23.8 Å². The van der Waals surface area contributed by atoms with Crippen LogP contribution in [0.5, 0.6) is 0 Å². The largest absolute Gasteiger partial charge is 0.347 e. The number of rotatable bonds is 3. The minimum absolute atomic E-state index is 0.0803. The molecule has 2 aliphatic rings. The van der Waals surface area contributed by atoms with E-state index in [1.807, 2.05) is 6.08 Å². The van der Waals surface area contributed by atoms with Crippen LogP contribution in [0.15, 0.2) is 60.5 Å². The van der Waals surface area contributed by atoms with E-state index < -0.39 is 29.6 Å². The fraction of sp³-hybridized carbons (Fsp3) is 0.200. The molecule has 4 rings (SSSR count). The van der Waals surface area contributed by atoms with Crippen LogP contribution in [-0.4, -0.2) is 38.6 Å². The quantitative estimate of drug-likeness (QED) is 0.793. The Balaban J connectivity index is 1.75. The number of pyridine rings is 1. The normalized spacial score (nSPS) is 22.2. The first-order valence-electron chi connectivity index (χ1n) is 8.66. The Bertz CT molecular complexity index is 978. The lowest BCUT2D eigenvalue weighted by Gasteiger charge is -2.47. The highest BCUT2D eigenvalue weighted by atomic mass is 35.5. The third-order valence-electron chi connectivity index (χ3n) is 4.90. The number of carbonyl (C=O) groups excluding carboxylic acids is 1. The van der Waals surface area contributed by atoms with Crippen LogP contribution in [-0.2, 0) is 11.2 Å². The molecule has 0 amide bonds. The lowest BCUT2D eigenvalue weighted by molar-refractivity contribution is -0.209. The summed E-state index contributed by atoms with van der Waals surface area (Å²) >= 11 is 5.83. The van der Waals surface area contributed by atoms with Crippen LogP contribution < -0.4 is 0 Å². The van der Waals surface area contributed by atoms with E-state index in [4.69, 9.17) is 11.6 Å². The van der Waals surface area contributed by atoms with E-state index in [0.717, 1.165) is 16.7 Å². The summed E-state index contributed by atoms with van der Waals surface area (Å²) in [5.74, 6) is -2.09. The molecule has 28 heavy (non-hydrogen) atoms. The summed E-state index contributed by atoms with van der Waals surface area (Å²) in [7, 11) is 0. The zero-order valence-corrected chi connectivity index (χ0v) is 15.4. The van der Waals surface area contributed by atoms with E-state index in [2.05, 4.69) is 4.98 Å². The molecule has 0 spiro atoms. The Labute approximate surface area is 165 Å². The summed E-state index contributed by atoms with van der Waals surface area (Å²) < 4.78 is 27.7. The van der Waals surface area contributed by atoms with Crippen LogP contribution in [0.4, 0.5) is 8.78 Å². The van der Waals surface area contributed by atoms with Gasteiger partial charge in [0.15, 0.2) is 0 Å². The number of benzene rings is 1. The van der Waals surface area contributed by atoms with E-state index >= 15 is 0 Å². The zero-order valence-electron chi connectivity index (χ0n) is 14.6. The maximum absolute atomic E-state index is 14.4. The topological polar surface area (TPSA) is 56.7 Å². The van der Waals surface area contributed by atoms with Crippen LogP contribution in [0.1, 0.15) is 17.2 Å². The molecule has 2 unspecified atom stereocenters. The molecule has 2 aliphatic heterocycles. The molecule has 8 heteroatoms. The molecule has 2 atom stereocenters. The SMILES string of the molecule is O=C1C2=CC=CCN2C(Cc2ccc(Cl)nc2)N(O)C1c1ccc(F)cc1F. The predicted octanol–water partition coefficient (Wildman–Crippen LogP) is 3.65. The Morgan fingerprint density at radius 2 is 2.07 bits per heavy atom. The monoisotopic (exact) mass is 403 g/mol. The lowest BCUT2D eigenvalue weighted by Crippen LogP contribution is -2.57. The zero-order chi connectivity index (χ0) is 19.8. The molecule has 1 fully saturated rings. The van der Waals surface area contributed by atoms with E-state index in [1.165, 1.54) is 6.07 Å². The van der Waals surface area contributed by atoms with Crippen LogP contribution in [0.3, 0.4) is 0 Å². The number of hydrogen-bond donors (Lipinski definition) is 1. The van der Waals surface area contributed by atoms with E-state index in [1.54, 1.807) is 35.4 Å². The smallest absolute Gasteiger partial charge is 0.203 e. The minimum Gasteiger partial charge on any atom is -0.347 e. The number of ketones is 1. The number of hydroxylamine groups is 2. The van der Waals surface area contributed by atoms with Gasteiger partial charge in [0.25, 0.3) is 0 Å². The molecule has 0 aliphatic carbocycles. The highest BCUT2D eigenvalue weighted by Crippen LogP contribution is 2.37. The van der Waals surface area contributed by atoms with E-state index in [0.29, 0.717) is 29.9 Å².